The monoisotopic (exact) mass is 404 g/mol. The zero-order valence-corrected chi connectivity index (χ0v) is 16.6. The first kappa shape index (κ1) is 20.1. The van der Waals surface area contributed by atoms with Crippen molar-refractivity contribution in [1.82, 2.24) is 14.8 Å². The molecule has 0 saturated heterocycles. The molecule has 9 nitrogen and oxygen atoms in total. The second-order valence-electron chi connectivity index (χ2n) is 6.79. The van der Waals surface area contributed by atoms with Crippen LogP contribution in [0.1, 0.15) is 54.3 Å². The van der Waals surface area contributed by atoms with E-state index in [9.17, 15) is 14.9 Å². The van der Waals surface area contributed by atoms with Crippen LogP contribution in [-0.2, 0) is 6.42 Å². The Balaban J connectivity index is 1.63. The first-order valence-corrected chi connectivity index (χ1v) is 10.5. The van der Waals surface area contributed by atoms with Crippen LogP contribution in [0.3, 0.4) is 0 Å². The molecule has 10 heteroatoms. The molecule has 1 aliphatic rings. The smallest absolute Gasteiger partial charge is 0.293 e. The van der Waals surface area contributed by atoms with Crippen molar-refractivity contribution in [3.05, 3.63) is 39.7 Å². The van der Waals surface area contributed by atoms with Crippen molar-refractivity contribution in [3.8, 4) is 0 Å². The number of nitrogens with zero attached hydrogens (tertiary/aromatic N) is 4. The molecule has 1 amide bonds. The Kier molecular flexibility index (Phi) is 6.50. The fourth-order valence-electron chi connectivity index (χ4n) is 3.60. The number of aromatic nitrogens is 3. The van der Waals surface area contributed by atoms with E-state index in [-0.39, 0.29) is 11.3 Å². The Morgan fingerprint density at radius 3 is 2.79 bits per heavy atom. The maximum absolute atomic E-state index is 11.3. The van der Waals surface area contributed by atoms with Crippen molar-refractivity contribution < 1.29 is 9.72 Å². The zero-order chi connectivity index (χ0) is 20.1. The number of hydrogen-bond acceptors (Lipinski definition) is 7. The van der Waals surface area contributed by atoms with Crippen molar-refractivity contribution in [2.45, 2.75) is 49.7 Å². The summed E-state index contributed by atoms with van der Waals surface area (Å²) in [6, 6.07) is 4.68. The van der Waals surface area contributed by atoms with Gasteiger partial charge in [0.1, 0.15) is 11.5 Å². The number of aryl methyl sites for hydroxylation is 1. The first-order valence-electron chi connectivity index (χ1n) is 9.31. The summed E-state index contributed by atoms with van der Waals surface area (Å²) in [5, 5.41) is 24.0. The molecule has 0 radical (unpaired) electrons. The molecule has 1 aliphatic carbocycles. The minimum absolute atomic E-state index is 0.117. The summed E-state index contributed by atoms with van der Waals surface area (Å²) >= 11 is 1.61. The molecule has 1 fully saturated rings. The fourth-order valence-corrected chi connectivity index (χ4v) is 4.17. The molecule has 3 rings (SSSR count). The van der Waals surface area contributed by atoms with Crippen LogP contribution in [-0.4, -0.2) is 38.4 Å². The standard InChI is InChI=1S/C18H24N6O3S/c1-28-18-22-21-16(23(18)13-5-2-3-6-13)7-4-10-20-14-9-8-12(17(19)25)11-15(14)24(26)27/h8-9,11,13,20H,2-7,10H2,1H3,(H2,19,25). The van der Waals surface area contributed by atoms with Crippen molar-refractivity contribution in [2.75, 3.05) is 18.1 Å². The molecule has 1 heterocycles. The molecule has 1 aromatic carbocycles. The molecule has 0 aliphatic heterocycles. The summed E-state index contributed by atoms with van der Waals surface area (Å²) in [6.07, 6.45) is 8.31. The van der Waals surface area contributed by atoms with Crippen LogP contribution >= 0.6 is 11.8 Å². The van der Waals surface area contributed by atoms with Gasteiger partial charge in [-0.15, -0.1) is 10.2 Å². The lowest BCUT2D eigenvalue weighted by atomic mass is 10.1. The summed E-state index contributed by atoms with van der Waals surface area (Å²) in [4.78, 5) is 22.0. The van der Waals surface area contributed by atoms with Crippen LogP contribution in [0, 0.1) is 10.1 Å². The van der Waals surface area contributed by atoms with Gasteiger partial charge in [-0.1, -0.05) is 24.6 Å². The number of nitro groups is 1. The summed E-state index contributed by atoms with van der Waals surface area (Å²) in [6.45, 7) is 0.545. The quantitative estimate of drug-likeness (QED) is 0.284. The molecule has 2 aromatic rings. The topological polar surface area (TPSA) is 129 Å². The maximum Gasteiger partial charge on any atom is 0.293 e. The van der Waals surface area contributed by atoms with Gasteiger partial charge in [0.05, 0.1) is 4.92 Å². The van der Waals surface area contributed by atoms with Gasteiger partial charge >= 0.3 is 0 Å². The number of nitrogens with one attached hydrogen (secondary N) is 1. The Labute approximate surface area is 167 Å². The highest BCUT2D eigenvalue weighted by Crippen LogP contribution is 2.33. The van der Waals surface area contributed by atoms with Gasteiger partial charge in [0, 0.05) is 30.6 Å². The Morgan fingerprint density at radius 1 is 1.39 bits per heavy atom. The van der Waals surface area contributed by atoms with Crippen molar-refractivity contribution in [3.63, 3.8) is 0 Å². The number of primary amides is 1. The summed E-state index contributed by atoms with van der Waals surface area (Å²) < 4.78 is 2.27. The minimum Gasteiger partial charge on any atom is -0.379 e. The number of nitro benzene ring substituents is 1. The number of anilines is 1. The van der Waals surface area contributed by atoms with Crippen molar-refractivity contribution in [2.24, 2.45) is 5.73 Å². The molecular weight excluding hydrogens is 380 g/mol. The largest absolute Gasteiger partial charge is 0.379 e. The van der Waals surface area contributed by atoms with Crippen LogP contribution < -0.4 is 11.1 Å². The Bertz CT molecular complexity index is 863. The number of amides is 1. The highest BCUT2D eigenvalue weighted by Gasteiger charge is 2.23. The maximum atomic E-state index is 11.3. The van der Waals surface area contributed by atoms with E-state index in [4.69, 9.17) is 5.73 Å². The molecule has 0 atom stereocenters. The van der Waals surface area contributed by atoms with Gasteiger partial charge in [-0.2, -0.15) is 0 Å². The lowest BCUT2D eigenvalue weighted by Crippen LogP contribution is -2.13. The molecular formula is C18H24N6O3S. The second-order valence-corrected chi connectivity index (χ2v) is 7.57. The molecule has 0 unspecified atom stereocenters. The number of benzene rings is 1. The van der Waals surface area contributed by atoms with Crippen molar-refractivity contribution in [1.29, 1.82) is 0 Å². The van der Waals surface area contributed by atoms with Crippen LogP contribution in [0.25, 0.3) is 0 Å². The van der Waals surface area contributed by atoms with Gasteiger partial charge in [-0.25, -0.2) is 0 Å². The van der Waals surface area contributed by atoms with E-state index >= 15 is 0 Å². The predicted octanol–water partition coefficient (Wildman–Crippen LogP) is 3.17. The van der Waals surface area contributed by atoms with Crippen LogP contribution in [0.4, 0.5) is 11.4 Å². The highest BCUT2D eigenvalue weighted by molar-refractivity contribution is 7.98. The number of hydrogen-bond donors (Lipinski definition) is 2. The third kappa shape index (κ3) is 4.44. The first-order chi connectivity index (χ1) is 13.5. The molecule has 3 N–H and O–H groups in total. The number of thioether (sulfide) groups is 1. The molecule has 150 valence electrons. The lowest BCUT2D eigenvalue weighted by Gasteiger charge is -2.16. The predicted molar refractivity (Wildman–Crippen MR) is 108 cm³/mol. The highest BCUT2D eigenvalue weighted by atomic mass is 32.2. The number of rotatable bonds is 9. The van der Waals surface area contributed by atoms with E-state index in [0.29, 0.717) is 18.3 Å². The zero-order valence-electron chi connectivity index (χ0n) is 15.8. The molecule has 1 saturated carbocycles. The van der Waals surface area contributed by atoms with Gasteiger partial charge in [0.15, 0.2) is 5.16 Å². The van der Waals surface area contributed by atoms with E-state index in [1.165, 1.54) is 31.0 Å². The van der Waals surface area contributed by atoms with Crippen LogP contribution in [0.15, 0.2) is 23.4 Å². The normalized spacial score (nSPS) is 14.3. The van der Waals surface area contributed by atoms with Crippen LogP contribution in [0.2, 0.25) is 0 Å². The van der Waals surface area contributed by atoms with E-state index in [0.717, 1.165) is 36.7 Å². The summed E-state index contributed by atoms with van der Waals surface area (Å²) in [7, 11) is 0. The third-order valence-corrected chi connectivity index (χ3v) is 5.62. The summed E-state index contributed by atoms with van der Waals surface area (Å²) in [5.74, 6) is 0.280. The fraction of sp³-hybridized carbons (Fsp3) is 0.500. The molecule has 0 bridgehead atoms. The van der Waals surface area contributed by atoms with E-state index in [2.05, 4.69) is 20.1 Å². The van der Waals surface area contributed by atoms with E-state index in [1.54, 1.807) is 11.8 Å². The average Bonchev–Trinajstić information content (AvgIpc) is 3.34. The van der Waals surface area contributed by atoms with E-state index < -0.39 is 10.8 Å². The third-order valence-electron chi connectivity index (χ3n) is 4.98. The van der Waals surface area contributed by atoms with Gasteiger partial charge in [-0.3, -0.25) is 14.9 Å². The Morgan fingerprint density at radius 2 is 2.14 bits per heavy atom. The minimum atomic E-state index is -0.689. The van der Waals surface area contributed by atoms with Gasteiger partial charge < -0.3 is 15.6 Å². The number of nitrogens with two attached hydrogens (primary N) is 1. The lowest BCUT2D eigenvalue weighted by molar-refractivity contribution is -0.384. The van der Waals surface area contributed by atoms with E-state index in [1.807, 2.05) is 6.26 Å². The van der Waals surface area contributed by atoms with Gasteiger partial charge in [-0.05, 0) is 37.7 Å². The average molecular weight is 404 g/mol. The van der Waals surface area contributed by atoms with Crippen molar-refractivity contribution >= 4 is 29.0 Å². The molecule has 0 spiro atoms. The van der Waals surface area contributed by atoms with Crippen LogP contribution in [0.5, 0.6) is 0 Å². The Hall–Kier alpha value is -2.62. The molecule has 1 aromatic heterocycles. The second kappa shape index (κ2) is 9.05. The van der Waals surface area contributed by atoms with Gasteiger partial charge in [0.25, 0.3) is 5.69 Å². The SMILES string of the molecule is CSc1nnc(CCCNc2ccc(C(N)=O)cc2[N+](=O)[O-])n1C1CCCC1. The number of carbonyl (C=O) groups excluding carboxylic acids is 1. The van der Waals surface area contributed by atoms with Gasteiger partial charge in [0.2, 0.25) is 5.91 Å². The molecule has 28 heavy (non-hydrogen) atoms. The summed E-state index contributed by atoms with van der Waals surface area (Å²) in [5.41, 5.74) is 5.53. The number of carbonyl (C=O) groups is 1.